The van der Waals surface area contributed by atoms with Gasteiger partial charge in [-0.15, -0.1) is 11.3 Å². The van der Waals surface area contributed by atoms with Gasteiger partial charge in [-0.3, -0.25) is 14.9 Å². The van der Waals surface area contributed by atoms with Crippen LogP contribution in [0.1, 0.15) is 28.2 Å². The third-order valence-electron chi connectivity index (χ3n) is 4.52. The highest BCUT2D eigenvalue weighted by Gasteiger charge is 2.12. The lowest BCUT2D eigenvalue weighted by atomic mass is 10.1. The van der Waals surface area contributed by atoms with E-state index in [-0.39, 0.29) is 17.6 Å². The lowest BCUT2D eigenvalue weighted by Crippen LogP contribution is -2.25. The molecule has 0 atom stereocenters. The normalized spacial score (nSPS) is 10.9. The smallest absolute Gasteiger partial charge is 0.293 e. The molecular weight excluding hydrogens is 388 g/mol. The van der Waals surface area contributed by atoms with Crippen LogP contribution < -0.4 is 10.6 Å². The first-order valence-corrected chi connectivity index (χ1v) is 10.2. The predicted octanol–water partition coefficient (Wildman–Crippen LogP) is 3.76. The number of nitrogens with zero attached hydrogens (tertiary/aromatic N) is 1. The van der Waals surface area contributed by atoms with Crippen LogP contribution in [0.15, 0.2) is 58.7 Å². The molecule has 1 aromatic carbocycles. The Morgan fingerprint density at radius 3 is 2.90 bits per heavy atom. The Morgan fingerprint density at radius 1 is 1.14 bits per heavy atom. The van der Waals surface area contributed by atoms with E-state index in [1.54, 1.807) is 12.1 Å². The van der Waals surface area contributed by atoms with E-state index in [0.717, 1.165) is 17.6 Å². The summed E-state index contributed by atoms with van der Waals surface area (Å²) < 4.78 is 5.05. The molecule has 0 aliphatic carbocycles. The molecule has 0 aliphatic rings. The highest BCUT2D eigenvalue weighted by Crippen LogP contribution is 2.19. The van der Waals surface area contributed by atoms with Crippen LogP contribution in [-0.4, -0.2) is 28.3 Å². The Kier molecular flexibility index (Phi) is 5.71. The molecule has 0 bridgehead atoms. The predicted molar refractivity (Wildman–Crippen MR) is 112 cm³/mol. The number of thiazole rings is 1. The zero-order chi connectivity index (χ0) is 20.1. The summed E-state index contributed by atoms with van der Waals surface area (Å²) in [7, 11) is 0. The quantitative estimate of drug-likeness (QED) is 0.413. The minimum Gasteiger partial charge on any atom is -0.459 e. The summed E-state index contributed by atoms with van der Waals surface area (Å²) in [4.78, 5) is 31.7. The Hall–Kier alpha value is -3.39. The van der Waals surface area contributed by atoms with E-state index in [0.29, 0.717) is 24.5 Å². The number of H-pyrrole nitrogens is 1. The van der Waals surface area contributed by atoms with Gasteiger partial charge in [-0.2, -0.15) is 0 Å². The fourth-order valence-electron chi connectivity index (χ4n) is 3.05. The first-order chi connectivity index (χ1) is 14.2. The van der Waals surface area contributed by atoms with E-state index in [1.165, 1.54) is 28.5 Å². The Bertz CT molecular complexity index is 1110. The average Bonchev–Trinajstić information content (AvgIpc) is 3.48. The Morgan fingerprint density at radius 2 is 2.03 bits per heavy atom. The number of hydrogen-bond acceptors (Lipinski definition) is 5. The van der Waals surface area contributed by atoms with E-state index >= 15 is 0 Å². The number of aryl methyl sites for hydroxylation is 1. The highest BCUT2D eigenvalue weighted by molar-refractivity contribution is 7.13. The molecule has 2 amide bonds. The maximum atomic E-state index is 12.1. The molecule has 0 radical (unpaired) electrons. The number of para-hydroxylation sites is 1. The van der Waals surface area contributed by atoms with E-state index < -0.39 is 0 Å². The summed E-state index contributed by atoms with van der Waals surface area (Å²) in [5.74, 6) is -0.124. The van der Waals surface area contributed by atoms with Gasteiger partial charge in [0.1, 0.15) is 0 Å². The standard InChI is InChI=1S/C21H20N4O3S/c26-19(22-10-9-14-12-23-17-5-2-1-4-16(14)17)8-7-15-13-29-21(24-15)25-20(27)18-6-3-11-28-18/h1-6,11-13,23H,7-10H2,(H,22,26)(H,24,25,27). The number of fused-ring (bicyclic) bond motifs is 1. The molecule has 3 aromatic heterocycles. The number of aromatic amines is 1. The van der Waals surface area contributed by atoms with Gasteiger partial charge < -0.3 is 14.7 Å². The second-order valence-electron chi connectivity index (χ2n) is 6.53. The SMILES string of the molecule is O=C(CCc1csc(NC(=O)c2ccco2)n1)NCCc1c[nH]c2ccccc12. The molecule has 0 aliphatic heterocycles. The number of hydrogen-bond donors (Lipinski definition) is 3. The monoisotopic (exact) mass is 408 g/mol. The van der Waals surface area contributed by atoms with Crippen molar-refractivity contribution in [1.82, 2.24) is 15.3 Å². The minimum atomic E-state index is -0.342. The van der Waals surface area contributed by atoms with E-state index in [9.17, 15) is 9.59 Å². The largest absolute Gasteiger partial charge is 0.459 e. The zero-order valence-corrected chi connectivity index (χ0v) is 16.4. The van der Waals surface area contributed by atoms with Crippen LogP contribution >= 0.6 is 11.3 Å². The summed E-state index contributed by atoms with van der Waals surface area (Å²) in [5, 5.41) is 9.16. The summed E-state index contributed by atoms with van der Waals surface area (Å²) in [6.45, 7) is 0.586. The van der Waals surface area contributed by atoms with Gasteiger partial charge in [-0.25, -0.2) is 4.98 Å². The number of rotatable bonds is 8. The number of aromatic nitrogens is 2. The number of carbonyl (C=O) groups is 2. The van der Waals surface area contributed by atoms with Crippen molar-refractivity contribution in [2.24, 2.45) is 0 Å². The third kappa shape index (κ3) is 4.72. The van der Waals surface area contributed by atoms with Gasteiger partial charge >= 0.3 is 0 Å². The topological polar surface area (TPSA) is 100 Å². The van der Waals surface area contributed by atoms with E-state index in [4.69, 9.17) is 4.42 Å². The molecule has 0 spiro atoms. The maximum Gasteiger partial charge on any atom is 0.293 e. The van der Waals surface area contributed by atoms with Gasteiger partial charge in [0.2, 0.25) is 5.91 Å². The van der Waals surface area contributed by atoms with Gasteiger partial charge in [0.05, 0.1) is 12.0 Å². The molecule has 4 rings (SSSR count). The average molecular weight is 408 g/mol. The van der Waals surface area contributed by atoms with Gasteiger partial charge in [-0.05, 0) is 36.6 Å². The maximum absolute atomic E-state index is 12.1. The van der Waals surface area contributed by atoms with Gasteiger partial charge in [-0.1, -0.05) is 18.2 Å². The minimum absolute atomic E-state index is 0.0148. The molecule has 0 fully saturated rings. The molecule has 0 saturated carbocycles. The molecule has 0 saturated heterocycles. The van der Waals surface area contributed by atoms with Crippen molar-refractivity contribution in [3.05, 3.63) is 71.3 Å². The first-order valence-electron chi connectivity index (χ1n) is 9.30. The molecule has 4 aromatic rings. The van der Waals surface area contributed by atoms with Crippen LogP contribution in [0.3, 0.4) is 0 Å². The number of furan rings is 1. The van der Waals surface area contributed by atoms with Gasteiger partial charge in [0.25, 0.3) is 5.91 Å². The Labute approximate surface area is 171 Å². The van der Waals surface area contributed by atoms with Crippen LogP contribution in [0.5, 0.6) is 0 Å². The number of amides is 2. The van der Waals surface area contributed by atoms with E-state index in [1.807, 2.05) is 29.8 Å². The van der Waals surface area contributed by atoms with Crippen molar-refractivity contribution in [3.63, 3.8) is 0 Å². The fourth-order valence-corrected chi connectivity index (χ4v) is 3.79. The molecule has 3 heterocycles. The summed E-state index contributed by atoms with van der Waals surface area (Å²) >= 11 is 1.32. The van der Waals surface area contributed by atoms with Gasteiger partial charge in [0.15, 0.2) is 10.9 Å². The molecule has 3 N–H and O–H groups in total. The van der Waals surface area contributed by atoms with Crippen molar-refractivity contribution in [1.29, 1.82) is 0 Å². The van der Waals surface area contributed by atoms with Crippen molar-refractivity contribution in [2.75, 3.05) is 11.9 Å². The Balaban J connectivity index is 1.21. The second-order valence-corrected chi connectivity index (χ2v) is 7.39. The lowest BCUT2D eigenvalue weighted by Gasteiger charge is -2.04. The van der Waals surface area contributed by atoms with Crippen molar-refractivity contribution in [2.45, 2.75) is 19.3 Å². The van der Waals surface area contributed by atoms with Crippen molar-refractivity contribution < 1.29 is 14.0 Å². The van der Waals surface area contributed by atoms with Crippen LogP contribution in [0.2, 0.25) is 0 Å². The molecular formula is C21H20N4O3S. The molecule has 8 heteroatoms. The molecule has 0 unspecified atom stereocenters. The van der Waals surface area contributed by atoms with Crippen LogP contribution in [-0.2, 0) is 17.6 Å². The number of nitrogens with one attached hydrogen (secondary N) is 3. The summed E-state index contributed by atoms with van der Waals surface area (Å²) in [6, 6.07) is 11.4. The van der Waals surface area contributed by atoms with Crippen LogP contribution in [0.4, 0.5) is 5.13 Å². The van der Waals surface area contributed by atoms with Gasteiger partial charge in [0, 0.05) is 35.4 Å². The van der Waals surface area contributed by atoms with Crippen LogP contribution in [0, 0.1) is 0 Å². The first kappa shape index (κ1) is 18.9. The van der Waals surface area contributed by atoms with Crippen molar-refractivity contribution in [3.8, 4) is 0 Å². The third-order valence-corrected chi connectivity index (χ3v) is 5.32. The number of carbonyl (C=O) groups excluding carboxylic acids is 2. The summed E-state index contributed by atoms with van der Waals surface area (Å²) in [5.41, 5.74) is 3.07. The highest BCUT2D eigenvalue weighted by atomic mass is 32.1. The molecule has 7 nitrogen and oxygen atoms in total. The zero-order valence-electron chi connectivity index (χ0n) is 15.6. The van der Waals surface area contributed by atoms with Crippen molar-refractivity contribution >= 4 is 39.2 Å². The second kappa shape index (κ2) is 8.74. The fraction of sp³-hybridized carbons (Fsp3) is 0.190. The lowest BCUT2D eigenvalue weighted by molar-refractivity contribution is -0.121. The number of anilines is 1. The molecule has 29 heavy (non-hydrogen) atoms. The number of benzene rings is 1. The summed E-state index contributed by atoms with van der Waals surface area (Å²) in [6.07, 6.45) is 5.08. The molecule has 148 valence electrons. The van der Waals surface area contributed by atoms with Crippen LogP contribution in [0.25, 0.3) is 10.9 Å². The van der Waals surface area contributed by atoms with E-state index in [2.05, 4.69) is 26.7 Å².